The average molecular weight is 1510 g/mol. The molecular formula is C108H71Cl2N5. The Morgan fingerprint density at radius 3 is 0.730 bits per heavy atom. The van der Waals surface area contributed by atoms with Gasteiger partial charge in [-0.05, 0) is 201 Å². The van der Waals surface area contributed by atoms with E-state index in [1.807, 2.05) is 24.3 Å². The fraction of sp³-hybridized carbons (Fsp3) is 0. The Labute approximate surface area is 674 Å². The zero-order valence-electron chi connectivity index (χ0n) is 62.5. The highest BCUT2D eigenvalue weighted by molar-refractivity contribution is 6.31. The van der Waals surface area contributed by atoms with Crippen molar-refractivity contribution < 1.29 is 0 Å². The number of nitrogens with one attached hydrogen (secondary N) is 1. The number of hydrogen-bond donors (Lipinski definition) is 1. The van der Waals surface area contributed by atoms with Crippen LogP contribution in [0.25, 0.3) is 199 Å². The van der Waals surface area contributed by atoms with Crippen LogP contribution in [-0.2, 0) is 0 Å². The second-order valence-electron chi connectivity index (χ2n) is 29.4. The number of para-hydroxylation sites is 8. The molecule has 1 N–H and O–H groups in total. The Kier molecular flexibility index (Phi) is 17.3. The maximum atomic E-state index is 6.18. The predicted octanol–water partition coefficient (Wildman–Crippen LogP) is 30.4. The monoisotopic (exact) mass is 1510 g/mol. The molecule has 0 bridgehead atoms. The highest BCUT2D eigenvalue weighted by Gasteiger charge is 2.22. The minimum Gasteiger partial charge on any atom is -0.355 e. The standard InChI is InChI=1S/C60H39N3.C36H23Cl2N.C12H9N/c1-2-14-42(15-3-1)47-16-4-9-21-54(47)63-59-36-30-43(40-26-32-45(33-27-40)61-55-22-10-5-17-48(55)49-18-6-11-23-56(49)61)38-52(59)53-39-44(31-37-60(53)63)41-28-34-46(35-29-41)62-57-24-12-7-19-50(57)51-20-8-13-25-58(51)62;37-29-16-10-24(11-17-29)27-14-20-35-32(22-27)33-23-28(25-12-18-30(38)19-13-25)15-21-36(33)39(35)34-9-5-4-8-31(34)26-6-2-1-3-7-26;1-3-7-11-9(5-1)10-6-2-4-8-12(10)13-11/h1-39H;1-23H;1-8,13H. The highest BCUT2D eigenvalue weighted by atomic mass is 35.5. The molecule has 0 radical (unpaired) electrons. The molecule has 0 spiro atoms. The lowest BCUT2D eigenvalue weighted by molar-refractivity contribution is 1.18. The van der Waals surface area contributed by atoms with Gasteiger partial charge in [-0.3, -0.25) is 0 Å². The Hall–Kier alpha value is -14.5. The Morgan fingerprint density at radius 1 is 0.165 bits per heavy atom. The normalized spacial score (nSPS) is 11.6. The summed E-state index contributed by atoms with van der Waals surface area (Å²) in [6.45, 7) is 0. The summed E-state index contributed by atoms with van der Waals surface area (Å²) in [5.41, 5.74) is 30.7. The molecule has 23 aromatic rings. The Balaban J connectivity index is 0.000000134. The van der Waals surface area contributed by atoms with E-state index < -0.39 is 0 Å². The van der Waals surface area contributed by atoms with Crippen LogP contribution in [0.1, 0.15) is 0 Å². The van der Waals surface area contributed by atoms with Gasteiger partial charge in [0.15, 0.2) is 0 Å². The lowest BCUT2D eigenvalue weighted by Gasteiger charge is -2.14. The zero-order valence-corrected chi connectivity index (χ0v) is 64.0. The highest BCUT2D eigenvalue weighted by Crippen LogP contribution is 2.44. The molecule has 0 fully saturated rings. The van der Waals surface area contributed by atoms with Crippen LogP contribution in [0.5, 0.6) is 0 Å². The molecule has 0 aliphatic rings. The number of halogens is 2. The fourth-order valence-electron chi connectivity index (χ4n) is 17.4. The van der Waals surface area contributed by atoms with Crippen molar-refractivity contribution in [2.45, 2.75) is 0 Å². The molecule has 0 unspecified atom stereocenters. The summed E-state index contributed by atoms with van der Waals surface area (Å²) in [7, 11) is 0. The lowest BCUT2D eigenvalue weighted by atomic mass is 10.00. The molecule has 18 aromatic carbocycles. The van der Waals surface area contributed by atoms with Crippen LogP contribution < -0.4 is 0 Å². The van der Waals surface area contributed by atoms with Crippen molar-refractivity contribution in [1.82, 2.24) is 23.3 Å². The summed E-state index contributed by atoms with van der Waals surface area (Å²) >= 11 is 12.4. The number of rotatable bonds is 10. The van der Waals surface area contributed by atoms with Gasteiger partial charge in [-0.1, -0.05) is 302 Å². The van der Waals surface area contributed by atoms with Crippen molar-refractivity contribution in [3.8, 4) is 89.5 Å². The maximum Gasteiger partial charge on any atom is 0.0541 e. The Morgan fingerprint density at radius 2 is 0.409 bits per heavy atom. The number of H-pyrrole nitrogens is 1. The molecule has 0 aliphatic heterocycles. The first kappa shape index (κ1) is 68.6. The van der Waals surface area contributed by atoms with Crippen LogP contribution in [0.2, 0.25) is 10.0 Å². The first-order valence-electron chi connectivity index (χ1n) is 39.0. The molecule has 0 aliphatic carbocycles. The van der Waals surface area contributed by atoms with Gasteiger partial charge in [0.05, 0.1) is 55.5 Å². The third-order valence-electron chi connectivity index (χ3n) is 22.8. The minimum atomic E-state index is 0.738. The van der Waals surface area contributed by atoms with Crippen LogP contribution >= 0.6 is 23.2 Å². The van der Waals surface area contributed by atoms with Crippen LogP contribution in [-0.4, -0.2) is 23.3 Å². The van der Waals surface area contributed by atoms with Gasteiger partial charge < -0.3 is 23.3 Å². The number of aromatic nitrogens is 5. The van der Waals surface area contributed by atoms with E-state index in [1.165, 1.54) is 154 Å². The number of hydrogen-bond acceptors (Lipinski definition) is 0. The smallest absolute Gasteiger partial charge is 0.0541 e. The summed E-state index contributed by atoms with van der Waals surface area (Å²) in [5.74, 6) is 0. The van der Waals surface area contributed by atoms with Crippen molar-refractivity contribution in [3.63, 3.8) is 0 Å². The molecule has 0 atom stereocenters. The summed E-state index contributed by atoms with van der Waals surface area (Å²) < 4.78 is 9.61. The van der Waals surface area contributed by atoms with E-state index in [-0.39, 0.29) is 0 Å². The van der Waals surface area contributed by atoms with Gasteiger partial charge in [0.2, 0.25) is 0 Å². The van der Waals surface area contributed by atoms with Crippen molar-refractivity contribution in [2.24, 2.45) is 0 Å². The fourth-order valence-corrected chi connectivity index (χ4v) is 17.7. The van der Waals surface area contributed by atoms with E-state index in [9.17, 15) is 0 Å². The molecule has 0 saturated heterocycles. The van der Waals surface area contributed by atoms with Crippen LogP contribution in [0.4, 0.5) is 0 Å². The van der Waals surface area contributed by atoms with Crippen molar-refractivity contribution in [1.29, 1.82) is 0 Å². The minimum absolute atomic E-state index is 0.738. The summed E-state index contributed by atoms with van der Waals surface area (Å²) in [4.78, 5) is 3.38. The van der Waals surface area contributed by atoms with Crippen LogP contribution in [0.3, 0.4) is 0 Å². The molecule has 23 rings (SSSR count). The summed E-state index contributed by atoms with van der Waals surface area (Å²) in [6.07, 6.45) is 0. The Bertz CT molecular complexity index is 7160. The summed E-state index contributed by atoms with van der Waals surface area (Å²) in [5, 5.41) is 14.0. The third kappa shape index (κ3) is 12.3. The molecule has 0 saturated carbocycles. The number of nitrogens with zero attached hydrogens (tertiary/aromatic N) is 4. The maximum absolute atomic E-state index is 6.18. The van der Waals surface area contributed by atoms with Gasteiger partial charge in [-0.15, -0.1) is 0 Å². The van der Waals surface area contributed by atoms with E-state index in [2.05, 4.69) is 424 Å². The number of aromatic amines is 1. The number of fused-ring (bicyclic) bond motifs is 15. The van der Waals surface area contributed by atoms with Gasteiger partial charge >= 0.3 is 0 Å². The van der Waals surface area contributed by atoms with E-state index >= 15 is 0 Å². The van der Waals surface area contributed by atoms with Gasteiger partial charge in [-0.25, -0.2) is 0 Å². The van der Waals surface area contributed by atoms with E-state index in [4.69, 9.17) is 23.2 Å². The molecule has 115 heavy (non-hydrogen) atoms. The van der Waals surface area contributed by atoms with Crippen LogP contribution in [0, 0.1) is 0 Å². The molecule has 5 heterocycles. The first-order valence-corrected chi connectivity index (χ1v) is 39.7. The van der Waals surface area contributed by atoms with Gasteiger partial charge in [0.1, 0.15) is 0 Å². The zero-order chi connectivity index (χ0) is 76.5. The van der Waals surface area contributed by atoms with Crippen molar-refractivity contribution in [3.05, 3.63) is 435 Å². The third-order valence-corrected chi connectivity index (χ3v) is 23.3. The van der Waals surface area contributed by atoms with Crippen molar-refractivity contribution >= 4 is 132 Å². The SMILES string of the molecule is Clc1ccc(-c2ccc3c(c2)c2cc(-c4ccc(Cl)cc4)ccc2n3-c2ccccc2-c2ccccc2)cc1.c1ccc(-c2ccccc2-n2c3ccc(-c4ccc(-n5c6ccccc6c6ccccc65)cc4)cc3c3cc(-c4ccc(-n5c6ccccc6c6ccccc65)cc4)ccc32)cc1.c1ccc2c(c1)[nH]c1ccccc12. The molecule has 7 heteroatoms. The van der Waals surface area contributed by atoms with Gasteiger partial charge in [0, 0.05) is 97.4 Å². The van der Waals surface area contributed by atoms with Gasteiger partial charge in [-0.2, -0.15) is 0 Å². The predicted molar refractivity (Wildman–Crippen MR) is 489 cm³/mol. The molecule has 5 nitrogen and oxygen atoms in total. The molecule has 542 valence electrons. The average Bonchev–Trinajstić information content (AvgIpc) is 1.59. The molecule has 5 aromatic heterocycles. The largest absolute Gasteiger partial charge is 0.355 e. The van der Waals surface area contributed by atoms with Crippen LogP contribution in [0.15, 0.2) is 425 Å². The van der Waals surface area contributed by atoms with Crippen molar-refractivity contribution in [2.75, 3.05) is 0 Å². The quantitative estimate of drug-likeness (QED) is 0.142. The second-order valence-corrected chi connectivity index (χ2v) is 30.3. The van der Waals surface area contributed by atoms with E-state index in [0.717, 1.165) is 55.0 Å². The molecule has 0 amide bonds. The van der Waals surface area contributed by atoms with Gasteiger partial charge in [0.25, 0.3) is 0 Å². The van der Waals surface area contributed by atoms with E-state index in [0.29, 0.717) is 0 Å². The number of benzene rings is 18. The summed E-state index contributed by atoms with van der Waals surface area (Å²) in [6, 6.07) is 152. The first-order chi connectivity index (χ1) is 56.9. The second kappa shape index (κ2) is 29.0. The lowest BCUT2D eigenvalue weighted by Crippen LogP contribution is -1.97. The topological polar surface area (TPSA) is 35.5 Å². The molecular weight excluding hydrogens is 1440 g/mol. The van der Waals surface area contributed by atoms with E-state index in [1.54, 1.807) is 0 Å².